The number of aliphatic hydroxyl groups excluding tert-OH is 1. The fourth-order valence-corrected chi connectivity index (χ4v) is 3.05. The number of fused-ring (bicyclic) bond motifs is 1. The third-order valence-corrected chi connectivity index (χ3v) is 3.89. The van der Waals surface area contributed by atoms with Crippen LogP contribution in [0.1, 0.15) is 5.56 Å². The molecule has 2 aliphatic rings. The molecule has 94 valence electrons. The molecular formula is C12H20N4O. The van der Waals surface area contributed by atoms with Crippen LogP contribution in [-0.2, 0) is 13.1 Å². The zero-order valence-electron chi connectivity index (χ0n) is 10.0. The molecule has 0 aromatic carbocycles. The number of aromatic nitrogens is 2. The maximum atomic E-state index is 8.84. The van der Waals surface area contributed by atoms with Crippen molar-refractivity contribution in [3.05, 3.63) is 18.0 Å². The van der Waals surface area contributed by atoms with Crippen LogP contribution in [-0.4, -0.2) is 52.6 Å². The molecule has 2 aliphatic heterocycles. The first kappa shape index (κ1) is 11.2. The number of aliphatic hydroxyl groups is 1. The van der Waals surface area contributed by atoms with Crippen LogP contribution in [0.15, 0.2) is 12.4 Å². The molecular weight excluding hydrogens is 216 g/mol. The van der Waals surface area contributed by atoms with Gasteiger partial charge in [-0.05, 0) is 24.9 Å². The second-order valence-corrected chi connectivity index (χ2v) is 5.21. The first-order chi connectivity index (χ1) is 8.35. The largest absolute Gasteiger partial charge is 0.394 e. The van der Waals surface area contributed by atoms with Crippen molar-refractivity contribution in [2.24, 2.45) is 11.8 Å². The van der Waals surface area contributed by atoms with E-state index in [-0.39, 0.29) is 6.61 Å². The van der Waals surface area contributed by atoms with E-state index >= 15 is 0 Å². The van der Waals surface area contributed by atoms with E-state index in [4.69, 9.17) is 5.11 Å². The van der Waals surface area contributed by atoms with Gasteiger partial charge >= 0.3 is 0 Å². The number of hydrogen-bond acceptors (Lipinski definition) is 4. The van der Waals surface area contributed by atoms with Gasteiger partial charge in [-0.1, -0.05) is 0 Å². The van der Waals surface area contributed by atoms with Gasteiger partial charge in [0.15, 0.2) is 0 Å². The predicted molar refractivity (Wildman–Crippen MR) is 64.4 cm³/mol. The molecule has 0 amide bonds. The van der Waals surface area contributed by atoms with Crippen molar-refractivity contribution in [1.29, 1.82) is 0 Å². The minimum absolute atomic E-state index is 0.153. The second kappa shape index (κ2) is 4.76. The lowest BCUT2D eigenvalue weighted by atomic mass is 10.0. The number of nitrogens with one attached hydrogen (secondary N) is 1. The SMILES string of the molecule is OCCn1cc(CN2C[C@H]3CNC[C@H]3C2)cn1. The third-order valence-electron chi connectivity index (χ3n) is 3.89. The first-order valence-corrected chi connectivity index (χ1v) is 6.40. The Morgan fingerprint density at radius 2 is 2.12 bits per heavy atom. The number of hydrogen-bond donors (Lipinski definition) is 2. The molecule has 0 bridgehead atoms. The van der Waals surface area contributed by atoms with Gasteiger partial charge in [0.05, 0.1) is 19.3 Å². The average Bonchev–Trinajstić information content (AvgIpc) is 2.95. The van der Waals surface area contributed by atoms with Gasteiger partial charge in [-0.2, -0.15) is 5.10 Å². The summed E-state index contributed by atoms with van der Waals surface area (Å²) >= 11 is 0. The van der Waals surface area contributed by atoms with Gasteiger partial charge in [0.25, 0.3) is 0 Å². The Hall–Kier alpha value is -0.910. The summed E-state index contributed by atoms with van der Waals surface area (Å²) < 4.78 is 1.81. The van der Waals surface area contributed by atoms with Crippen molar-refractivity contribution >= 4 is 0 Å². The molecule has 2 fully saturated rings. The van der Waals surface area contributed by atoms with Gasteiger partial charge in [-0.25, -0.2) is 0 Å². The highest BCUT2D eigenvalue weighted by Gasteiger charge is 2.35. The molecule has 0 radical (unpaired) electrons. The molecule has 3 rings (SSSR count). The van der Waals surface area contributed by atoms with Crippen LogP contribution in [0.2, 0.25) is 0 Å². The maximum Gasteiger partial charge on any atom is 0.0640 e. The van der Waals surface area contributed by atoms with Gasteiger partial charge in [-0.3, -0.25) is 9.58 Å². The lowest BCUT2D eigenvalue weighted by molar-refractivity contribution is 0.269. The Morgan fingerprint density at radius 3 is 2.82 bits per heavy atom. The minimum atomic E-state index is 0.153. The molecule has 1 aromatic rings. The topological polar surface area (TPSA) is 53.3 Å². The highest BCUT2D eigenvalue weighted by atomic mass is 16.3. The third kappa shape index (κ3) is 2.36. The van der Waals surface area contributed by atoms with Crippen LogP contribution < -0.4 is 5.32 Å². The van der Waals surface area contributed by atoms with Crippen molar-refractivity contribution in [3.8, 4) is 0 Å². The second-order valence-electron chi connectivity index (χ2n) is 5.21. The van der Waals surface area contributed by atoms with Gasteiger partial charge < -0.3 is 10.4 Å². The predicted octanol–water partition coefficient (Wildman–Crippen LogP) is -0.473. The monoisotopic (exact) mass is 236 g/mol. The Bertz CT molecular complexity index is 366. The number of nitrogens with zero attached hydrogens (tertiary/aromatic N) is 3. The molecule has 0 spiro atoms. The zero-order chi connectivity index (χ0) is 11.7. The number of likely N-dealkylation sites (tertiary alicyclic amines) is 1. The van der Waals surface area contributed by atoms with Gasteiger partial charge in [-0.15, -0.1) is 0 Å². The maximum absolute atomic E-state index is 8.84. The molecule has 1 aromatic heterocycles. The molecule has 0 aliphatic carbocycles. The normalized spacial score (nSPS) is 28.8. The summed E-state index contributed by atoms with van der Waals surface area (Å²) in [5, 5.41) is 16.5. The lowest BCUT2D eigenvalue weighted by Crippen LogP contribution is -2.25. The summed E-state index contributed by atoms with van der Waals surface area (Å²) in [5.41, 5.74) is 1.26. The Balaban J connectivity index is 1.56. The van der Waals surface area contributed by atoms with E-state index in [9.17, 15) is 0 Å². The molecule has 0 unspecified atom stereocenters. The highest BCUT2D eigenvalue weighted by molar-refractivity contribution is 5.05. The van der Waals surface area contributed by atoms with Crippen LogP contribution in [0.5, 0.6) is 0 Å². The van der Waals surface area contributed by atoms with Gasteiger partial charge in [0.2, 0.25) is 0 Å². The van der Waals surface area contributed by atoms with E-state index in [0.717, 1.165) is 18.4 Å². The van der Waals surface area contributed by atoms with Crippen LogP contribution in [0, 0.1) is 11.8 Å². The van der Waals surface area contributed by atoms with Crippen molar-refractivity contribution < 1.29 is 5.11 Å². The van der Waals surface area contributed by atoms with Crippen LogP contribution in [0.25, 0.3) is 0 Å². The molecule has 2 atom stereocenters. The van der Waals surface area contributed by atoms with Crippen molar-refractivity contribution in [3.63, 3.8) is 0 Å². The zero-order valence-corrected chi connectivity index (χ0v) is 10.0. The highest BCUT2D eigenvalue weighted by Crippen LogP contribution is 2.27. The fourth-order valence-electron chi connectivity index (χ4n) is 3.05. The minimum Gasteiger partial charge on any atom is -0.394 e. The molecule has 2 saturated heterocycles. The van der Waals surface area contributed by atoms with E-state index in [1.807, 2.05) is 17.1 Å². The van der Waals surface area contributed by atoms with Crippen molar-refractivity contribution in [1.82, 2.24) is 20.0 Å². The molecule has 5 heteroatoms. The first-order valence-electron chi connectivity index (χ1n) is 6.40. The number of rotatable bonds is 4. The Kier molecular flexibility index (Phi) is 3.13. The summed E-state index contributed by atoms with van der Waals surface area (Å²) in [7, 11) is 0. The summed E-state index contributed by atoms with van der Waals surface area (Å²) in [4.78, 5) is 2.52. The molecule has 5 nitrogen and oxygen atoms in total. The van der Waals surface area contributed by atoms with E-state index < -0.39 is 0 Å². The Morgan fingerprint density at radius 1 is 1.35 bits per heavy atom. The molecule has 0 saturated carbocycles. The van der Waals surface area contributed by atoms with Crippen molar-refractivity contribution in [2.75, 3.05) is 32.8 Å². The summed E-state index contributed by atoms with van der Waals surface area (Å²) in [5.74, 6) is 1.70. The fraction of sp³-hybridized carbons (Fsp3) is 0.750. The summed E-state index contributed by atoms with van der Waals surface area (Å²) in [6.45, 7) is 6.54. The van der Waals surface area contributed by atoms with Crippen LogP contribution in [0.3, 0.4) is 0 Å². The van der Waals surface area contributed by atoms with Gasteiger partial charge in [0, 0.05) is 31.4 Å². The van der Waals surface area contributed by atoms with E-state index in [1.165, 1.54) is 31.7 Å². The molecule has 17 heavy (non-hydrogen) atoms. The lowest BCUT2D eigenvalue weighted by Gasteiger charge is -2.15. The standard InChI is InChI=1S/C12H20N4O/c17-2-1-16-7-10(3-14-16)6-15-8-11-4-13-5-12(11)9-15/h3,7,11-13,17H,1-2,4-6,8-9H2/t11-,12+. The summed E-state index contributed by atoms with van der Waals surface area (Å²) in [6, 6.07) is 0. The summed E-state index contributed by atoms with van der Waals surface area (Å²) in [6.07, 6.45) is 3.96. The van der Waals surface area contributed by atoms with E-state index in [1.54, 1.807) is 0 Å². The van der Waals surface area contributed by atoms with Crippen LogP contribution in [0.4, 0.5) is 0 Å². The van der Waals surface area contributed by atoms with E-state index in [2.05, 4.69) is 15.3 Å². The van der Waals surface area contributed by atoms with Crippen LogP contribution >= 0.6 is 0 Å². The average molecular weight is 236 g/mol. The quantitative estimate of drug-likeness (QED) is 0.742. The molecule has 2 N–H and O–H groups in total. The van der Waals surface area contributed by atoms with Gasteiger partial charge in [0.1, 0.15) is 0 Å². The molecule has 3 heterocycles. The van der Waals surface area contributed by atoms with Crippen molar-refractivity contribution in [2.45, 2.75) is 13.1 Å². The smallest absolute Gasteiger partial charge is 0.0640 e. The Labute approximate surface area is 101 Å². The van der Waals surface area contributed by atoms with E-state index in [0.29, 0.717) is 6.54 Å².